The van der Waals surface area contributed by atoms with Crippen molar-refractivity contribution in [1.29, 1.82) is 0 Å². The molecule has 3 aromatic carbocycles. The molecular formula is C36H45N3O3. The molecule has 0 aliphatic carbocycles. The normalized spacial score (nSPS) is 11.3. The van der Waals surface area contributed by atoms with E-state index in [9.17, 15) is 4.79 Å². The number of anilines is 1. The van der Waals surface area contributed by atoms with Crippen molar-refractivity contribution in [2.45, 2.75) is 72.0 Å². The summed E-state index contributed by atoms with van der Waals surface area (Å²) in [4.78, 5) is 21.2. The van der Waals surface area contributed by atoms with Gasteiger partial charge >= 0.3 is 5.97 Å². The lowest BCUT2D eigenvalue weighted by atomic mass is 9.90. The Morgan fingerprint density at radius 3 is 2.14 bits per heavy atom. The zero-order valence-electron chi connectivity index (χ0n) is 25.6. The third-order valence-corrected chi connectivity index (χ3v) is 7.57. The molecule has 222 valence electrons. The van der Waals surface area contributed by atoms with Gasteiger partial charge in [-0.3, -0.25) is 9.69 Å². The van der Waals surface area contributed by atoms with Gasteiger partial charge < -0.3 is 14.1 Å². The number of hydrogen-bond acceptors (Lipinski definition) is 6. The van der Waals surface area contributed by atoms with E-state index < -0.39 is 0 Å². The molecule has 0 radical (unpaired) electrons. The Morgan fingerprint density at radius 2 is 1.50 bits per heavy atom. The molecule has 6 nitrogen and oxygen atoms in total. The number of benzene rings is 3. The summed E-state index contributed by atoms with van der Waals surface area (Å²) in [6.07, 6.45) is 6.65. The van der Waals surface area contributed by atoms with E-state index in [-0.39, 0.29) is 12.5 Å². The summed E-state index contributed by atoms with van der Waals surface area (Å²) >= 11 is 0. The van der Waals surface area contributed by atoms with Crippen LogP contribution in [0.5, 0.6) is 0 Å². The van der Waals surface area contributed by atoms with E-state index in [0.717, 1.165) is 29.1 Å². The maximum Gasteiger partial charge on any atom is 0.320 e. The summed E-state index contributed by atoms with van der Waals surface area (Å²) in [7, 11) is 2.12. The highest BCUT2D eigenvalue weighted by Crippen LogP contribution is 2.28. The second kappa shape index (κ2) is 15.9. The van der Waals surface area contributed by atoms with E-state index in [4.69, 9.17) is 14.1 Å². The zero-order valence-corrected chi connectivity index (χ0v) is 25.6. The first-order valence-electron chi connectivity index (χ1n) is 15.3. The topological polar surface area (TPSA) is 58.8 Å². The lowest BCUT2D eigenvalue weighted by molar-refractivity contribution is -0.144. The molecule has 1 aromatic heterocycles. The minimum Gasteiger partial charge on any atom is -0.465 e. The molecule has 1 heterocycles. The van der Waals surface area contributed by atoms with Gasteiger partial charge in [0.1, 0.15) is 12.0 Å². The minimum atomic E-state index is -0.256. The molecule has 0 saturated heterocycles. The van der Waals surface area contributed by atoms with Crippen molar-refractivity contribution in [2.75, 3.05) is 25.1 Å². The number of rotatable bonds is 16. The fourth-order valence-corrected chi connectivity index (χ4v) is 5.43. The van der Waals surface area contributed by atoms with Crippen LogP contribution in [0.3, 0.4) is 0 Å². The highest BCUT2D eigenvalue weighted by molar-refractivity contribution is 5.71. The monoisotopic (exact) mass is 567 g/mol. The summed E-state index contributed by atoms with van der Waals surface area (Å²) in [6.45, 7) is 8.74. The summed E-state index contributed by atoms with van der Waals surface area (Å²) in [5.74, 6) is 0.976. The third kappa shape index (κ3) is 9.05. The maximum atomic E-state index is 12.2. The summed E-state index contributed by atoms with van der Waals surface area (Å²) in [5, 5.41) is 0. The summed E-state index contributed by atoms with van der Waals surface area (Å²) < 4.78 is 11.0. The molecule has 6 heteroatoms. The van der Waals surface area contributed by atoms with E-state index in [1.165, 1.54) is 36.8 Å². The third-order valence-electron chi connectivity index (χ3n) is 7.57. The van der Waals surface area contributed by atoms with Crippen LogP contribution in [0, 0.1) is 0 Å². The van der Waals surface area contributed by atoms with Crippen LogP contribution in [0.15, 0.2) is 89.5 Å². The van der Waals surface area contributed by atoms with Gasteiger partial charge in [-0.15, -0.1) is 0 Å². The molecule has 4 rings (SSSR count). The molecule has 0 fully saturated rings. The van der Waals surface area contributed by atoms with Crippen LogP contribution in [0.1, 0.15) is 75.0 Å². The van der Waals surface area contributed by atoms with Crippen molar-refractivity contribution in [1.82, 2.24) is 9.88 Å². The van der Waals surface area contributed by atoms with Crippen molar-refractivity contribution in [3.8, 4) is 11.3 Å². The number of nitrogens with zero attached hydrogens (tertiary/aromatic N) is 3. The fraction of sp³-hybridized carbons (Fsp3) is 0.389. The standard InChI is InChI=1S/C36H45N3O3/c1-5-11-30(12-6-2)31-17-15-29(16-18-31)23-38(4)33-21-19-32(20-22-33)34-27-42-35(37-34)25-39(26-36(40)41-7-3)24-28-13-9-8-10-14-28/h8-10,13-22,27,30H,5-7,11-12,23-26H2,1-4H3. The smallest absolute Gasteiger partial charge is 0.320 e. The fourth-order valence-electron chi connectivity index (χ4n) is 5.43. The van der Waals surface area contributed by atoms with Crippen molar-refractivity contribution in [2.24, 2.45) is 0 Å². The first-order chi connectivity index (χ1) is 20.5. The van der Waals surface area contributed by atoms with Crippen molar-refractivity contribution in [3.05, 3.63) is 108 Å². The van der Waals surface area contributed by atoms with Gasteiger partial charge in [-0.05, 0) is 54.5 Å². The number of hydrogen-bond donors (Lipinski definition) is 0. The van der Waals surface area contributed by atoms with Crippen LogP contribution in [0.25, 0.3) is 11.3 Å². The number of esters is 1. The van der Waals surface area contributed by atoms with Crippen LogP contribution in [0.4, 0.5) is 5.69 Å². The van der Waals surface area contributed by atoms with Gasteiger partial charge in [0, 0.05) is 31.4 Å². The Balaban J connectivity index is 1.37. The van der Waals surface area contributed by atoms with Crippen LogP contribution in [-0.2, 0) is 29.2 Å². The molecule has 0 amide bonds. The first-order valence-corrected chi connectivity index (χ1v) is 15.3. The second-order valence-electron chi connectivity index (χ2n) is 11.0. The Morgan fingerprint density at radius 1 is 0.833 bits per heavy atom. The van der Waals surface area contributed by atoms with Crippen LogP contribution in [0.2, 0.25) is 0 Å². The highest BCUT2D eigenvalue weighted by atomic mass is 16.5. The van der Waals surface area contributed by atoms with Gasteiger partial charge in [-0.25, -0.2) is 4.98 Å². The van der Waals surface area contributed by atoms with Gasteiger partial charge in [0.05, 0.1) is 19.7 Å². The van der Waals surface area contributed by atoms with Crippen molar-refractivity contribution >= 4 is 11.7 Å². The molecule has 0 aliphatic heterocycles. The molecule has 42 heavy (non-hydrogen) atoms. The molecule has 0 aliphatic rings. The van der Waals surface area contributed by atoms with Crippen molar-refractivity contribution in [3.63, 3.8) is 0 Å². The van der Waals surface area contributed by atoms with Crippen LogP contribution >= 0.6 is 0 Å². The lowest BCUT2D eigenvalue weighted by Gasteiger charge is -2.21. The first kappa shape index (κ1) is 31.0. The predicted octanol–water partition coefficient (Wildman–Crippen LogP) is 8.23. The maximum absolute atomic E-state index is 12.2. The molecule has 0 unspecified atom stereocenters. The quantitative estimate of drug-likeness (QED) is 0.127. The number of ether oxygens (including phenoxy) is 1. The van der Waals surface area contributed by atoms with Crippen LogP contribution < -0.4 is 4.90 Å². The Hall–Kier alpha value is -3.90. The molecule has 0 atom stereocenters. The van der Waals surface area contributed by atoms with Gasteiger partial charge in [0.2, 0.25) is 5.89 Å². The minimum absolute atomic E-state index is 0.169. The summed E-state index contributed by atoms with van der Waals surface area (Å²) in [5.41, 5.74) is 6.79. The average Bonchev–Trinajstić information content (AvgIpc) is 3.46. The van der Waals surface area contributed by atoms with E-state index >= 15 is 0 Å². The largest absolute Gasteiger partial charge is 0.465 e. The van der Waals surface area contributed by atoms with Gasteiger partial charge in [-0.1, -0.05) is 93.4 Å². The lowest BCUT2D eigenvalue weighted by Crippen LogP contribution is -2.30. The van der Waals surface area contributed by atoms with Gasteiger partial charge in [0.15, 0.2) is 0 Å². The zero-order chi connectivity index (χ0) is 29.7. The van der Waals surface area contributed by atoms with Gasteiger partial charge in [0.25, 0.3) is 0 Å². The molecule has 0 bridgehead atoms. The molecule has 0 N–H and O–H groups in total. The van der Waals surface area contributed by atoms with Gasteiger partial charge in [-0.2, -0.15) is 0 Å². The Kier molecular flexibility index (Phi) is 11.8. The SMILES string of the molecule is CCCC(CCC)c1ccc(CN(C)c2ccc(-c3coc(CN(CC(=O)OCC)Cc4ccccc4)n3)cc2)cc1. The summed E-state index contributed by atoms with van der Waals surface area (Å²) in [6, 6.07) is 27.7. The Bertz CT molecular complexity index is 1340. The number of carbonyl (C=O) groups excluding carboxylic acids is 1. The van der Waals surface area contributed by atoms with Crippen LogP contribution in [-0.4, -0.2) is 36.1 Å². The number of oxazole rings is 1. The molecule has 4 aromatic rings. The van der Waals surface area contributed by atoms with E-state index in [1.807, 2.05) is 42.2 Å². The second-order valence-corrected chi connectivity index (χ2v) is 11.0. The molecule has 0 spiro atoms. The predicted molar refractivity (Wildman–Crippen MR) is 170 cm³/mol. The Labute approximate surface area is 251 Å². The van der Waals surface area contributed by atoms with Crippen molar-refractivity contribution < 1.29 is 13.9 Å². The average molecular weight is 568 g/mol. The number of aromatic nitrogens is 1. The van der Waals surface area contributed by atoms with E-state index in [1.54, 1.807) is 6.26 Å². The molecule has 0 saturated carbocycles. The van der Waals surface area contributed by atoms with E-state index in [2.05, 4.69) is 74.3 Å². The molecular weight excluding hydrogens is 522 g/mol. The number of carbonyl (C=O) groups is 1. The highest BCUT2D eigenvalue weighted by Gasteiger charge is 2.17. The van der Waals surface area contributed by atoms with E-state index in [0.29, 0.717) is 31.5 Å².